The Balaban J connectivity index is -0.000000184. The van der Waals surface area contributed by atoms with Crippen molar-refractivity contribution >= 4 is 0 Å². The number of halogens is 3. The van der Waals surface area contributed by atoms with Crippen molar-refractivity contribution in [3.63, 3.8) is 0 Å². The van der Waals surface area contributed by atoms with Gasteiger partial charge < -0.3 is 19.7 Å². The Kier molecular flexibility index (Phi) is 25.6. The van der Waals surface area contributed by atoms with Gasteiger partial charge in [0, 0.05) is 0 Å². The number of aliphatic hydroxyl groups is 2. The highest BCUT2D eigenvalue weighted by molar-refractivity contribution is 5.11. The summed E-state index contributed by atoms with van der Waals surface area (Å²) in [6.07, 6.45) is -1.90. The second-order valence-electron chi connectivity index (χ2n) is 5.23. The van der Waals surface area contributed by atoms with Gasteiger partial charge in [0.2, 0.25) is 0 Å². The maximum absolute atomic E-state index is 12.8. The smallest absolute Gasteiger partial charge is 0.298 e. The first kappa shape index (κ1) is 35.0. The highest BCUT2D eigenvalue weighted by Gasteiger charge is 2.38. The van der Waals surface area contributed by atoms with E-state index in [2.05, 4.69) is 6.58 Å². The highest BCUT2D eigenvalue weighted by atomic mass is 19.3. The van der Waals surface area contributed by atoms with Crippen LogP contribution in [0.2, 0.25) is 0 Å². The molecule has 0 aromatic rings. The Hall–Kier alpha value is -1.47. The van der Waals surface area contributed by atoms with Gasteiger partial charge in [0.25, 0.3) is 5.92 Å². The fourth-order valence-corrected chi connectivity index (χ4v) is 1.72. The number of hydrogen-bond donors (Lipinski definition) is 2. The van der Waals surface area contributed by atoms with Crippen molar-refractivity contribution in [2.75, 3.05) is 13.7 Å². The number of alkyl halides is 3. The molecule has 4 nitrogen and oxygen atoms in total. The molecule has 3 atom stereocenters. The van der Waals surface area contributed by atoms with Gasteiger partial charge in [0.05, 0.1) is 13.7 Å². The lowest BCUT2D eigenvalue weighted by Gasteiger charge is -2.21. The lowest BCUT2D eigenvalue weighted by atomic mass is 10.1. The normalized spacial score (nSPS) is 14.8. The number of aliphatic hydroxyl groups excluding tert-OH is 2. The number of rotatable bonds is 9. The van der Waals surface area contributed by atoms with Crippen molar-refractivity contribution in [3.8, 4) is 0 Å². The Labute approximate surface area is 176 Å². The van der Waals surface area contributed by atoms with Crippen LogP contribution in [0.3, 0.4) is 0 Å². The third kappa shape index (κ3) is 15.1. The molecule has 0 aliphatic carbocycles. The minimum absolute atomic E-state index is 0.132. The highest BCUT2D eigenvalue weighted by Crippen LogP contribution is 2.25. The molecule has 0 fully saturated rings. The van der Waals surface area contributed by atoms with E-state index in [0.717, 1.165) is 12.0 Å². The maximum atomic E-state index is 12.8. The fraction of sp³-hybridized carbons (Fsp3) is 0.727. The molecule has 176 valence electrons. The second-order valence-corrected chi connectivity index (χ2v) is 5.23. The summed E-state index contributed by atoms with van der Waals surface area (Å²) in [5, 5.41) is 18.5. The van der Waals surface area contributed by atoms with Crippen LogP contribution in [0.1, 0.15) is 68.7 Å². The van der Waals surface area contributed by atoms with Crippen LogP contribution >= 0.6 is 0 Å². The molecule has 0 aromatic carbocycles. The van der Waals surface area contributed by atoms with Gasteiger partial charge in [0.1, 0.15) is 23.8 Å². The summed E-state index contributed by atoms with van der Waals surface area (Å²) in [6.45, 7) is 19.4. The van der Waals surface area contributed by atoms with Crippen LogP contribution in [0.5, 0.6) is 0 Å². The van der Waals surface area contributed by atoms with E-state index in [0.29, 0.717) is 11.8 Å². The molecular formula is C22H43F3O4. The monoisotopic (exact) mass is 428 g/mol. The van der Waals surface area contributed by atoms with Crippen molar-refractivity contribution in [1.29, 1.82) is 0 Å². The van der Waals surface area contributed by atoms with Gasteiger partial charge in [-0.3, -0.25) is 0 Å². The molecule has 0 aliphatic rings. The minimum atomic E-state index is -3.35. The first-order chi connectivity index (χ1) is 13.5. The molecule has 3 unspecified atom stereocenters. The molecule has 0 amide bonds. The average molecular weight is 429 g/mol. The molecule has 0 bridgehead atoms. The Morgan fingerprint density at radius 3 is 1.83 bits per heavy atom. The van der Waals surface area contributed by atoms with E-state index in [9.17, 15) is 18.3 Å². The first-order valence-electron chi connectivity index (χ1n) is 10.1. The molecule has 0 heterocycles. The van der Waals surface area contributed by atoms with E-state index in [-0.39, 0.29) is 12.4 Å². The summed E-state index contributed by atoms with van der Waals surface area (Å²) in [7, 11) is 1.44. The standard InChI is InChI=1S/C9H14F2O2.C9H17FO2.2C2H6/c1-4-7(13-6-3)8(12)9(10,11)5-2;1-5-6(2)9(12-4)8(11)7(3)10;2*1-2/h4-5,8,12H,2,6H2,1,3H3;7-8,11H,5H2,1-4H3;2*1-2H3/b7-4-;9-6-;;. The molecule has 2 N–H and O–H groups in total. The van der Waals surface area contributed by atoms with Crippen LogP contribution in [0.15, 0.2) is 35.8 Å². The van der Waals surface area contributed by atoms with Crippen LogP contribution < -0.4 is 0 Å². The number of allylic oxidation sites excluding steroid dienone is 2. The van der Waals surface area contributed by atoms with Gasteiger partial charge in [-0.05, 0) is 51.8 Å². The molecule has 0 radical (unpaired) electrons. The maximum Gasteiger partial charge on any atom is 0.298 e. The third-order valence-corrected chi connectivity index (χ3v) is 3.38. The van der Waals surface area contributed by atoms with E-state index in [1.165, 1.54) is 27.0 Å². The van der Waals surface area contributed by atoms with E-state index in [1.54, 1.807) is 6.92 Å². The SMILES string of the molecule is C=CC(F)(F)C(O)/C(=C/C)OCC.CC.CC.CC/C(C)=C(\OC)C(O)C(C)F. The largest absolute Gasteiger partial charge is 0.498 e. The minimum Gasteiger partial charge on any atom is -0.498 e. The lowest BCUT2D eigenvalue weighted by Crippen LogP contribution is -2.33. The lowest BCUT2D eigenvalue weighted by molar-refractivity contribution is -0.0731. The zero-order chi connectivity index (χ0) is 24.2. The summed E-state index contributed by atoms with van der Waals surface area (Å²) in [4.78, 5) is 0. The van der Waals surface area contributed by atoms with Crippen molar-refractivity contribution in [2.24, 2.45) is 0 Å². The van der Waals surface area contributed by atoms with E-state index in [1.807, 2.05) is 41.5 Å². The van der Waals surface area contributed by atoms with Gasteiger partial charge in [-0.15, -0.1) is 0 Å². The van der Waals surface area contributed by atoms with Crippen LogP contribution in [0.25, 0.3) is 0 Å². The quantitative estimate of drug-likeness (QED) is 0.339. The Morgan fingerprint density at radius 1 is 1.14 bits per heavy atom. The third-order valence-electron chi connectivity index (χ3n) is 3.38. The predicted molar refractivity (Wildman–Crippen MR) is 116 cm³/mol. The summed E-state index contributed by atoms with van der Waals surface area (Å²) >= 11 is 0. The van der Waals surface area contributed by atoms with Crippen molar-refractivity contribution in [3.05, 3.63) is 35.8 Å². The fourth-order valence-electron chi connectivity index (χ4n) is 1.72. The summed E-state index contributed by atoms with van der Waals surface area (Å²) < 4.78 is 48.0. The average Bonchev–Trinajstić information content (AvgIpc) is 2.74. The van der Waals surface area contributed by atoms with Gasteiger partial charge in [0.15, 0.2) is 6.10 Å². The van der Waals surface area contributed by atoms with Crippen LogP contribution in [0, 0.1) is 0 Å². The van der Waals surface area contributed by atoms with Gasteiger partial charge in [-0.1, -0.05) is 41.2 Å². The zero-order valence-electron chi connectivity index (χ0n) is 19.9. The van der Waals surface area contributed by atoms with Crippen LogP contribution in [0.4, 0.5) is 13.2 Å². The Bertz CT molecular complexity index is 447. The molecule has 0 saturated carbocycles. The van der Waals surface area contributed by atoms with E-state index < -0.39 is 24.3 Å². The Morgan fingerprint density at radius 2 is 1.59 bits per heavy atom. The van der Waals surface area contributed by atoms with E-state index >= 15 is 0 Å². The van der Waals surface area contributed by atoms with Gasteiger partial charge in [-0.2, -0.15) is 8.78 Å². The molecular weight excluding hydrogens is 385 g/mol. The molecule has 0 saturated heterocycles. The van der Waals surface area contributed by atoms with Crippen molar-refractivity contribution < 1.29 is 32.9 Å². The topological polar surface area (TPSA) is 58.9 Å². The second kappa shape index (κ2) is 21.2. The molecule has 0 spiro atoms. The number of methoxy groups -OCH3 is 1. The summed E-state index contributed by atoms with van der Waals surface area (Å²) in [5.41, 5.74) is 0.884. The van der Waals surface area contributed by atoms with Gasteiger partial charge in [-0.25, -0.2) is 4.39 Å². The number of hydrogen-bond acceptors (Lipinski definition) is 4. The summed E-state index contributed by atoms with van der Waals surface area (Å²) in [5.74, 6) is -3.13. The van der Waals surface area contributed by atoms with Gasteiger partial charge >= 0.3 is 0 Å². The zero-order valence-corrected chi connectivity index (χ0v) is 19.9. The molecule has 7 heteroatoms. The molecule has 29 heavy (non-hydrogen) atoms. The first-order valence-corrected chi connectivity index (χ1v) is 10.1. The van der Waals surface area contributed by atoms with Crippen LogP contribution in [-0.2, 0) is 9.47 Å². The predicted octanol–water partition coefficient (Wildman–Crippen LogP) is 6.20. The molecule has 0 aliphatic heterocycles. The van der Waals surface area contributed by atoms with Crippen LogP contribution in [-0.4, -0.2) is 48.2 Å². The summed E-state index contributed by atoms with van der Waals surface area (Å²) in [6, 6.07) is 0. The van der Waals surface area contributed by atoms with Crippen molar-refractivity contribution in [2.45, 2.75) is 93.0 Å². The van der Waals surface area contributed by atoms with E-state index in [4.69, 9.17) is 14.6 Å². The molecule has 0 aromatic heterocycles. The van der Waals surface area contributed by atoms with Crippen molar-refractivity contribution in [1.82, 2.24) is 0 Å². The number of ether oxygens (including phenoxy) is 2. The molecule has 0 rings (SSSR count).